The van der Waals surface area contributed by atoms with Gasteiger partial charge in [-0.05, 0) is 17.7 Å². The van der Waals surface area contributed by atoms with E-state index in [1.54, 1.807) is 21.3 Å². The standard InChI is InChI=1S/C13H19NO4/c1-15-11-6-9(10-8-18-5-4-14-10)7-12(16-2)13(11)17-3/h6-7,10,14H,4-5,8H2,1-3H3. The van der Waals surface area contributed by atoms with Gasteiger partial charge in [0.15, 0.2) is 11.5 Å². The molecule has 1 aromatic rings. The Hall–Kier alpha value is -1.46. The minimum absolute atomic E-state index is 0.160. The molecule has 0 amide bonds. The average Bonchev–Trinajstić information content (AvgIpc) is 2.46. The molecule has 0 saturated carbocycles. The second kappa shape index (κ2) is 5.93. The van der Waals surface area contributed by atoms with Gasteiger partial charge in [0.05, 0.1) is 40.6 Å². The summed E-state index contributed by atoms with van der Waals surface area (Å²) in [5, 5.41) is 3.40. The van der Waals surface area contributed by atoms with Crippen LogP contribution in [-0.4, -0.2) is 41.1 Å². The Kier molecular flexibility index (Phi) is 4.28. The Balaban J connectivity index is 2.35. The van der Waals surface area contributed by atoms with Crippen molar-refractivity contribution in [2.45, 2.75) is 6.04 Å². The number of benzene rings is 1. The van der Waals surface area contributed by atoms with Crippen LogP contribution in [0.15, 0.2) is 12.1 Å². The molecule has 1 fully saturated rings. The van der Waals surface area contributed by atoms with Crippen molar-refractivity contribution in [1.82, 2.24) is 5.32 Å². The Morgan fingerprint density at radius 2 is 1.78 bits per heavy atom. The van der Waals surface area contributed by atoms with Crippen LogP contribution in [-0.2, 0) is 4.74 Å². The minimum Gasteiger partial charge on any atom is -0.493 e. The summed E-state index contributed by atoms with van der Waals surface area (Å²) < 4.78 is 21.4. The Labute approximate surface area is 107 Å². The molecule has 0 bridgehead atoms. The molecule has 100 valence electrons. The lowest BCUT2D eigenvalue weighted by Crippen LogP contribution is -2.34. The number of ether oxygens (including phenoxy) is 4. The quantitative estimate of drug-likeness (QED) is 0.878. The van der Waals surface area contributed by atoms with E-state index >= 15 is 0 Å². The molecule has 1 aliphatic heterocycles. The molecule has 0 spiro atoms. The first-order valence-electron chi connectivity index (χ1n) is 5.91. The van der Waals surface area contributed by atoms with Crippen LogP contribution in [0.5, 0.6) is 17.2 Å². The number of rotatable bonds is 4. The fourth-order valence-corrected chi connectivity index (χ4v) is 2.08. The van der Waals surface area contributed by atoms with Crippen LogP contribution < -0.4 is 19.5 Å². The van der Waals surface area contributed by atoms with Crippen molar-refractivity contribution >= 4 is 0 Å². The summed E-state index contributed by atoms with van der Waals surface area (Å²) in [4.78, 5) is 0. The Bertz CT molecular complexity index is 377. The van der Waals surface area contributed by atoms with Gasteiger partial charge < -0.3 is 24.3 Å². The van der Waals surface area contributed by atoms with Gasteiger partial charge in [-0.25, -0.2) is 0 Å². The highest BCUT2D eigenvalue weighted by Gasteiger charge is 2.20. The third-order valence-corrected chi connectivity index (χ3v) is 3.01. The molecular weight excluding hydrogens is 234 g/mol. The van der Waals surface area contributed by atoms with E-state index in [2.05, 4.69) is 5.32 Å². The van der Waals surface area contributed by atoms with Gasteiger partial charge in [0.2, 0.25) is 5.75 Å². The van der Waals surface area contributed by atoms with Crippen molar-refractivity contribution < 1.29 is 18.9 Å². The van der Waals surface area contributed by atoms with Gasteiger partial charge in [0.25, 0.3) is 0 Å². The topological polar surface area (TPSA) is 49.0 Å². The number of hydrogen-bond acceptors (Lipinski definition) is 5. The van der Waals surface area contributed by atoms with Gasteiger partial charge in [0.1, 0.15) is 0 Å². The summed E-state index contributed by atoms with van der Waals surface area (Å²) in [6, 6.07) is 4.06. The number of methoxy groups -OCH3 is 3. The van der Waals surface area contributed by atoms with E-state index in [1.165, 1.54) is 0 Å². The molecule has 0 radical (unpaired) electrons. The number of morpholine rings is 1. The average molecular weight is 253 g/mol. The highest BCUT2D eigenvalue weighted by atomic mass is 16.5. The molecule has 1 atom stereocenters. The first kappa shape index (κ1) is 13.0. The second-order valence-electron chi connectivity index (χ2n) is 4.04. The fourth-order valence-electron chi connectivity index (χ4n) is 2.08. The van der Waals surface area contributed by atoms with Crippen LogP contribution in [0, 0.1) is 0 Å². The maximum Gasteiger partial charge on any atom is 0.203 e. The largest absolute Gasteiger partial charge is 0.493 e. The molecule has 1 N–H and O–H groups in total. The van der Waals surface area contributed by atoms with Gasteiger partial charge >= 0.3 is 0 Å². The van der Waals surface area contributed by atoms with Gasteiger partial charge in [-0.15, -0.1) is 0 Å². The predicted molar refractivity (Wildman–Crippen MR) is 67.7 cm³/mol. The van der Waals surface area contributed by atoms with Gasteiger partial charge in [0, 0.05) is 6.54 Å². The van der Waals surface area contributed by atoms with Crippen LogP contribution in [0.3, 0.4) is 0 Å². The molecule has 5 nitrogen and oxygen atoms in total. The third kappa shape index (κ3) is 2.52. The molecule has 1 aliphatic rings. The Morgan fingerprint density at radius 1 is 1.11 bits per heavy atom. The molecule has 1 saturated heterocycles. The fraction of sp³-hybridized carbons (Fsp3) is 0.538. The summed E-state index contributed by atoms with van der Waals surface area (Å²) >= 11 is 0. The zero-order valence-corrected chi connectivity index (χ0v) is 11.0. The van der Waals surface area contributed by atoms with Crippen molar-refractivity contribution in [3.8, 4) is 17.2 Å². The van der Waals surface area contributed by atoms with E-state index < -0.39 is 0 Å². The normalized spacial score (nSPS) is 19.4. The van der Waals surface area contributed by atoms with Gasteiger partial charge in [-0.3, -0.25) is 0 Å². The van der Waals surface area contributed by atoms with Crippen molar-refractivity contribution in [3.05, 3.63) is 17.7 Å². The van der Waals surface area contributed by atoms with E-state index in [0.29, 0.717) is 23.9 Å². The lowest BCUT2D eigenvalue weighted by atomic mass is 10.1. The van der Waals surface area contributed by atoms with E-state index in [1.807, 2.05) is 12.1 Å². The first-order valence-corrected chi connectivity index (χ1v) is 5.91. The van der Waals surface area contributed by atoms with Crippen LogP contribution in [0.2, 0.25) is 0 Å². The van der Waals surface area contributed by atoms with E-state index in [9.17, 15) is 0 Å². The SMILES string of the molecule is COc1cc(C2COCCN2)cc(OC)c1OC. The summed E-state index contributed by atoms with van der Waals surface area (Å²) in [6.45, 7) is 2.25. The van der Waals surface area contributed by atoms with Crippen molar-refractivity contribution in [3.63, 3.8) is 0 Å². The first-order chi connectivity index (χ1) is 8.80. The van der Waals surface area contributed by atoms with E-state index in [-0.39, 0.29) is 6.04 Å². The lowest BCUT2D eigenvalue weighted by Gasteiger charge is -2.25. The second-order valence-corrected chi connectivity index (χ2v) is 4.04. The molecule has 1 heterocycles. The molecule has 18 heavy (non-hydrogen) atoms. The predicted octanol–water partition coefficient (Wildman–Crippen LogP) is 1.37. The van der Waals surface area contributed by atoms with E-state index in [4.69, 9.17) is 18.9 Å². The van der Waals surface area contributed by atoms with E-state index in [0.717, 1.165) is 18.7 Å². The molecule has 0 aromatic heterocycles. The molecule has 1 aromatic carbocycles. The highest BCUT2D eigenvalue weighted by Crippen LogP contribution is 2.39. The monoisotopic (exact) mass is 253 g/mol. The third-order valence-electron chi connectivity index (χ3n) is 3.01. The van der Waals surface area contributed by atoms with Gasteiger partial charge in [-0.1, -0.05) is 0 Å². The smallest absolute Gasteiger partial charge is 0.203 e. The van der Waals surface area contributed by atoms with Crippen molar-refractivity contribution in [2.24, 2.45) is 0 Å². The summed E-state index contributed by atoms with van der Waals surface area (Å²) in [5.41, 5.74) is 1.07. The molecule has 5 heteroatoms. The summed E-state index contributed by atoms with van der Waals surface area (Å²) in [7, 11) is 4.83. The lowest BCUT2D eigenvalue weighted by molar-refractivity contribution is 0.0767. The van der Waals surface area contributed by atoms with Crippen molar-refractivity contribution in [1.29, 1.82) is 0 Å². The zero-order valence-electron chi connectivity index (χ0n) is 11.0. The number of nitrogens with one attached hydrogen (secondary N) is 1. The highest BCUT2D eigenvalue weighted by molar-refractivity contribution is 5.54. The Morgan fingerprint density at radius 3 is 2.22 bits per heavy atom. The van der Waals surface area contributed by atoms with Crippen LogP contribution in [0.25, 0.3) is 0 Å². The maximum absolute atomic E-state index is 5.46. The minimum atomic E-state index is 0.160. The molecule has 0 aliphatic carbocycles. The molecule has 2 rings (SSSR count). The number of hydrogen-bond donors (Lipinski definition) is 1. The van der Waals surface area contributed by atoms with Gasteiger partial charge in [-0.2, -0.15) is 0 Å². The van der Waals surface area contributed by atoms with Crippen molar-refractivity contribution in [2.75, 3.05) is 41.1 Å². The van der Waals surface area contributed by atoms with Crippen LogP contribution in [0.4, 0.5) is 0 Å². The van der Waals surface area contributed by atoms with Crippen LogP contribution >= 0.6 is 0 Å². The van der Waals surface area contributed by atoms with Crippen LogP contribution in [0.1, 0.15) is 11.6 Å². The maximum atomic E-state index is 5.46. The summed E-state index contributed by atoms with van der Waals surface area (Å²) in [5.74, 6) is 1.94. The molecule has 1 unspecified atom stereocenters. The summed E-state index contributed by atoms with van der Waals surface area (Å²) in [6.07, 6.45) is 0. The molecular formula is C13H19NO4. The zero-order chi connectivity index (χ0) is 13.0.